The van der Waals surface area contributed by atoms with Crippen molar-refractivity contribution in [3.05, 3.63) is 17.5 Å². The van der Waals surface area contributed by atoms with Gasteiger partial charge in [-0.25, -0.2) is 12.7 Å². The van der Waals surface area contributed by atoms with Gasteiger partial charge in [-0.3, -0.25) is 9.48 Å². The number of rotatable bonds is 5. The quantitative estimate of drug-likeness (QED) is 0.853. The number of nitrogens with one attached hydrogen (secondary N) is 1. The monoisotopic (exact) mass is 328 g/mol. The van der Waals surface area contributed by atoms with E-state index in [-0.39, 0.29) is 11.8 Å². The summed E-state index contributed by atoms with van der Waals surface area (Å²) < 4.78 is 26.2. The zero-order valence-corrected chi connectivity index (χ0v) is 14.2. The molecule has 1 aromatic heterocycles. The number of piperidine rings is 1. The summed E-state index contributed by atoms with van der Waals surface area (Å²) in [4.78, 5) is 12.2. The van der Waals surface area contributed by atoms with Gasteiger partial charge in [0.2, 0.25) is 15.9 Å². The SMILES string of the molecule is CCn1ncc(CNC(=O)C2CCN(S(C)(=O)=O)CC2)c1C. The van der Waals surface area contributed by atoms with Crippen molar-refractivity contribution < 1.29 is 13.2 Å². The summed E-state index contributed by atoms with van der Waals surface area (Å²) in [6, 6.07) is 0. The fourth-order valence-electron chi connectivity index (χ4n) is 2.75. The maximum absolute atomic E-state index is 12.2. The van der Waals surface area contributed by atoms with Crippen molar-refractivity contribution in [1.82, 2.24) is 19.4 Å². The van der Waals surface area contributed by atoms with Gasteiger partial charge in [-0.1, -0.05) is 0 Å². The van der Waals surface area contributed by atoms with Gasteiger partial charge in [-0.15, -0.1) is 0 Å². The largest absolute Gasteiger partial charge is 0.352 e. The average Bonchev–Trinajstić information content (AvgIpc) is 2.84. The van der Waals surface area contributed by atoms with Crippen molar-refractivity contribution in [1.29, 1.82) is 0 Å². The first kappa shape index (κ1) is 17.0. The predicted octanol–water partition coefficient (Wildman–Crippen LogP) is 0.499. The molecule has 1 amide bonds. The highest BCUT2D eigenvalue weighted by Crippen LogP contribution is 2.19. The molecular weight excluding hydrogens is 304 g/mol. The molecule has 0 aromatic carbocycles. The van der Waals surface area contributed by atoms with E-state index in [1.165, 1.54) is 10.6 Å². The Labute approximate surface area is 131 Å². The third-order valence-electron chi connectivity index (χ3n) is 4.25. The number of aryl methyl sites for hydroxylation is 1. The van der Waals surface area contributed by atoms with Crippen LogP contribution in [0.1, 0.15) is 31.0 Å². The fraction of sp³-hybridized carbons (Fsp3) is 0.714. The van der Waals surface area contributed by atoms with Gasteiger partial charge in [0.05, 0.1) is 12.5 Å². The summed E-state index contributed by atoms with van der Waals surface area (Å²) in [7, 11) is -3.15. The highest BCUT2D eigenvalue weighted by molar-refractivity contribution is 7.88. The molecule has 0 spiro atoms. The van der Waals surface area contributed by atoms with Gasteiger partial charge in [0, 0.05) is 43.4 Å². The van der Waals surface area contributed by atoms with Crippen LogP contribution in [0.3, 0.4) is 0 Å². The molecule has 124 valence electrons. The number of nitrogens with zero attached hydrogens (tertiary/aromatic N) is 3. The molecule has 0 bridgehead atoms. The minimum absolute atomic E-state index is 0.00296. The molecule has 1 N–H and O–H groups in total. The second-order valence-corrected chi connectivity index (χ2v) is 7.71. The van der Waals surface area contributed by atoms with Gasteiger partial charge >= 0.3 is 0 Å². The minimum Gasteiger partial charge on any atom is -0.352 e. The van der Waals surface area contributed by atoms with Gasteiger partial charge in [0.1, 0.15) is 0 Å². The van der Waals surface area contributed by atoms with Crippen LogP contribution in [-0.4, -0.2) is 47.8 Å². The highest BCUT2D eigenvalue weighted by Gasteiger charge is 2.28. The Balaban J connectivity index is 1.85. The number of hydrogen-bond acceptors (Lipinski definition) is 4. The summed E-state index contributed by atoms with van der Waals surface area (Å²) >= 11 is 0. The van der Waals surface area contributed by atoms with Crippen molar-refractivity contribution in [3.63, 3.8) is 0 Å². The molecule has 22 heavy (non-hydrogen) atoms. The van der Waals surface area contributed by atoms with Crippen LogP contribution in [-0.2, 0) is 27.9 Å². The van der Waals surface area contributed by atoms with Gasteiger partial charge in [-0.2, -0.15) is 5.10 Å². The summed E-state index contributed by atoms with van der Waals surface area (Å²) in [5.74, 6) is -0.115. The third-order valence-corrected chi connectivity index (χ3v) is 5.55. The van der Waals surface area contributed by atoms with E-state index in [0.717, 1.165) is 17.8 Å². The number of sulfonamides is 1. The van der Waals surface area contributed by atoms with Crippen LogP contribution in [0, 0.1) is 12.8 Å². The van der Waals surface area contributed by atoms with E-state index in [1.54, 1.807) is 6.20 Å². The molecule has 1 fully saturated rings. The van der Waals surface area contributed by atoms with E-state index in [4.69, 9.17) is 0 Å². The summed E-state index contributed by atoms with van der Waals surface area (Å²) in [5.41, 5.74) is 2.08. The van der Waals surface area contributed by atoms with Gasteiger partial charge < -0.3 is 5.32 Å². The summed E-state index contributed by atoms with van der Waals surface area (Å²) in [6.07, 6.45) is 4.14. The molecule has 1 aromatic rings. The Morgan fingerprint density at radius 2 is 2.05 bits per heavy atom. The molecule has 8 heteroatoms. The molecule has 0 aliphatic carbocycles. The minimum atomic E-state index is -3.15. The van der Waals surface area contributed by atoms with E-state index < -0.39 is 10.0 Å². The van der Waals surface area contributed by atoms with E-state index in [9.17, 15) is 13.2 Å². The van der Waals surface area contributed by atoms with Crippen LogP contribution in [0.25, 0.3) is 0 Å². The Morgan fingerprint density at radius 1 is 1.41 bits per heavy atom. The van der Waals surface area contributed by atoms with Crippen molar-refractivity contribution in [2.45, 2.75) is 39.8 Å². The van der Waals surface area contributed by atoms with Crippen LogP contribution in [0.5, 0.6) is 0 Å². The lowest BCUT2D eigenvalue weighted by molar-refractivity contribution is -0.126. The maximum Gasteiger partial charge on any atom is 0.223 e. The van der Waals surface area contributed by atoms with Crippen LogP contribution in [0.2, 0.25) is 0 Å². The number of carbonyl (C=O) groups excluding carboxylic acids is 1. The van der Waals surface area contributed by atoms with Crippen LogP contribution in [0.15, 0.2) is 6.20 Å². The Hall–Kier alpha value is -1.41. The summed E-state index contributed by atoms with van der Waals surface area (Å²) in [6.45, 7) is 6.13. The molecule has 0 atom stereocenters. The average molecular weight is 328 g/mol. The number of hydrogen-bond donors (Lipinski definition) is 1. The zero-order valence-electron chi connectivity index (χ0n) is 13.4. The zero-order chi connectivity index (χ0) is 16.3. The Kier molecular flexibility index (Phi) is 5.23. The van der Waals surface area contributed by atoms with Crippen molar-refractivity contribution >= 4 is 15.9 Å². The normalized spacial score (nSPS) is 17.6. The molecule has 0 saturated carbocycles. The highest BCUT2D eigenvalue weighted by atomic mass is 32.2. The second-order valence-electron chi connectivity index (χ2n) is 5.73. The lowest BCUT2D eigenvalue weighted by atomic mass is 9.97. The molecule has 1 aliphatic rings. The van der Waals surface area contributed by atoms with Gasteiger partial charge in [-0.05, 0) is 26.7 Å². The molecule has 1 aliphatic heterocycles. The lowest BCUT2D eigenvalue weighted by Crippen LogP contribution is -2.42. The molecule has 2 rings (SSSR count). The van der Waals surface area contributed by atoms with Crippen LogP contribution < -0.4 is 5.32 Å². The van der Waals surface area contributed by atoms with Gasteiger partial charge in [0.15, 0.2) is 0 Å². The lowest BCUT2D eigenvalue weighted by Gasteiger charge is -2.29. The topological polar surface area (TPSA) is 84.3 Å². The first-order valence-corrected chi connectivity index (χ1v) is 9.42. The second kappa shape index (κ2) is 6.78. The maximum atomic E-state index is 12.2. The third kappa shape index (κ3) is 3.86. The van der Waals surface area contributed by atoms with Crippen molar-refractivity contribution in [2.24, 2.45) is 5.92 Å². The predicted molar refractivity (Wildman–Crippen MR) is 83.6 cm³/mol. The molecular formula is C14H24N4O3S. The van der Waals surface area contributed by atoms with E-state index in [2.05, 4.69) is 10.4 Å². The first-order valence-electron chi connectivity index (χ1n) is 7.57. The van der Waals surface area contributed by atoms with Crippen LogP contribution >= 0.6 is 0 Å². The first-order chi connectivity index (χ1) is 10.3. The van der Waals surface area contributed by atoms with Gasteiger partial charge in [0.25, 0.3) is 0 Å². The van der Waals surface area contributed by atoms with Crippen LogP contribution in [0.4, 0.5) is 0 Å². The fourth-order valence-corrected chi connectivity index (χ4v) is 3.63. The molecule has 7 nitrogen and oxygen atoms in total. The smallest absolute Gasteiger partial charge is 0.223 e. The summed E-state index contributed by atoms with van der Waals surface area (Å²) in [5, 5.41) is 7.19. The number of amides is 1. The van der Waals surface area contributed by atoms with Crippen molar-refractivity contribution in [2.75, 3.05) is 19.3 Å². The molecule has 2 heterocycles. The van der Waals surface area contributed by atoms with E-state index in [0.29, 0.717) is 32.5 Å². The molecule has 1 saturated heterocycles. The Bertz CT molecular complexity index is 631. The van der Waals surface area contributed by atoms with E-state index >= 15 is 0 Å². The molecule has 0 unspecified atom stereocenters. The standard InChI is InChI=1S/C14H24N4O3S/c1-4-18-11(2)13(10-16-18)9-15-14(19)12-5-7-17(8-6-12)22(3,20)21/h10,12H,4-9H2,1-3H3,(H,15,19). The number of aromatic nitrogens is 2. The van der Waals surface area contributed by atoms with E-state index in [1.807, 2.05) is 18.5 Å². The Morgan fingerprint density at radius 3 is 2.55 bits per heavy atom. The molecule has 0 radical (unpaired) electrons. The van der Waals surface area contributed by atoms with Crippen molar-refractivity contribution in [3.8, 4) is 0 Å². The number of carbonyl (C=O) groups is 1.